The van der Waals surface area contributed by atoms with Crippen molar-refractivity contribution in [1.29, 1.82) is 0 Å². The quantitative estimate of drug-likeness (QED) is 0.217. The monoisotopic (exact) mass is 594 g/mol. The Morgan fingerprint density at radius 3 is 2.56 bits per heavy atom. The van der Waals surface area contributed by atoms with Crippen molar-refractivity contribution in [2.24, 2.45) is 5.92 Å². The highest BCUT2D eigenvalue weighted by atomic mass is 32.3. The van der Waals surface area contributed by atoms with E-state index in [0.29, 0.717) is 43.7 Å². The van der Waals surface area contributed by atoms with E-state index in [1.165, 1.54) is 36.4 Å². The van der Waals surface area contributed by atoms with Crippen LogP contribution in [0.1, 0.15) is 56.6 Å². The molecule has 0 aromatic heterocycles. The van der Waals surface area contributed by atoms with Gasteiger partial charge < -0.3 is 21.1 Å². The van der Waals surface area contributed by atoms with Crippen LogP contribution >= 0.6 is 10.8 Å². The van der Waals surface area contributed by atoms with E-state index in [9.17, 15) is 28.2 Å². The molecule has 2 aliphatic rings. The summed E-state index contributed by atoms with van der Waals surface area (Å²) in [6.45, 7) is 4.93. The van der Waals surface area contributed by atoms with Crippen LogP contribution in [0, 0.1) is 17.6 Å². The van der Waals surface area contributed by atoms with E-state index in [0.717, 1.165) is 6.42 Å². The lowest BCUT2D eigenvalue weighted by atomic mass is 9.84. The molecule has 0 radical (unpaired) electrons. The van der Waals surface area contributed by atoms with Crippen LogP contribution in [-0.4, -0.2) is 67.5 Å². The molecule has 9 nitrogen and oxygen atoms in total. The minimum atomic E-state index is -2.91. The van der Waals surface area contributed by atoms with Crippen LogP contribution < -0.4 is 16.0 Å². The van der Waals surface area contributed by atoms with E-state index in [-0.39, 0.29) is 35.7 Å². The lowest BCUT2D eigenvalue weighted by Crippen LogP contribution is -2.55. The second-order valence-electron chi connectivity index (χ2n) is 11.3. The predicted octanol–water partition coefficient (Wildman–Crippen LogP) is 5.40. The Morgan fingerprint density at radius 2 is 1.88 bits per heavy atom. The maximum absolute atomic E-state index is 15.1. The third kappa shape index (κ3) is 7.95. The van der Waals surface area contributed by atoms with Crippen molar-refractivity contribution in [2.45, 2.75) is 70.0 Å². The zero-order valence-electron chi connectivity index (χ0n) is 23.4. The van der Waals surface area contributed by atoms with Gasteiger partial charge in [0.1, 0.15) is 17.7 Å². The van der Waals surface area contributed by atoms with Crippen LogP contribution in [0.4, 0.5) is 19.3 Å². The molecule has 2 amide bonds. The van der Waals surface area contributed by atoms with Gasteiger partial charge in [-0.25, -0.2) is 17.9 Å². The van der Waals surface area contributed by atoms with Crippen molar-refractivity contribution in [3.63, 3.8) is 0 Å². The molecule has 12 heteroatoms. The van der Waals surface area contributed by atoms with Crippen LogP contribution in [0.2, 0.25) is 0 Å². The van der Waals surface area contributed by atoms with Gasteiger partial charge in [0.2, 0.25) is 5.91 Å². The Bertz CT molecular complexity index is 1220. The van der Waals surface area contributed by atoms with Gasteiger partial charge in [0, 0.05) is 42.3 Å². The molecule has 2 fully saturated rings. The summed E-state index contributed by atoms with van der Waals surface area (Å²) < 4.78 is 52.0. The van der Waals surface area contributed by atoms with Crippen LogP contribution in [0.3, 0.4) is 0 Å². The van der Waals surface area contributed by atoms with Gasteiger partial charge in [0.15, 0.2) is 0 Å². The summed E-state index contributed by atoms with van der Waals surface area (Å²) in [6, 6.07) is 8.68. The van der Waals surface area contributed by atoms with Crippen molar-refractivity contribution in [1.82, 2.24) is 14.9 Å². The number of carboxylic acid groups (broad SMARTS) is 1. The van der Waals surface area contributed by atoms with Gasteiger partial charge in [-0.15, -0.1) is 10.8 Å². The van der Waals surface area contributed by atoms with E-state index in [1.807, 2.05) is 13.8 Å². The minimum absolute atomic E-state index is 0.0932. The fourth-order valence-corrected chi connectivity index (χ4v) is 7.75. The van der Waals surface area contributed by atoms with E-state index in [4.69, 9.17) is 0 Å². The molecule has 226 valence electrons. The molecule has 2 saturated heterocycles. The van der Waals surface area contributed by atoms with E-state index >= 15 is 4.39 Å². The maximum atomic E-state index is 15.1. The number of nitrogens with one attached hydrogen (secondary N) is 3. The second kappa shape index (κ2) is 13.5. The molecule has 4 rings (SSSR count). The van der Waals surface area contributed by atoms with E-state index in [2.05, 4.69) is 16.0 Å². The number of carbonyl (C=O) groups excluding carboxylic acids is 1. The van der Waals surface area contributed by atoms with Gasteiger partial charge in [-0.2, -0.15) is 0 Å². The summed E-state index contributed by atoms with van der Waals surface area (Å²) in [5.74, 6) is -1.82. The third-order valence-electron chi connectivity index (χ3n) is 7.89. The molecule has 2 heterocycles. The zero-order valence-corrected chi connectivity index (χ0v) is 24.2. The SMILES string of the molecule is CC(C)C[C@H](c1ccc(F)cc1)[C@H](NC(=O)O)C(=O)Nc1cccc(F)c1CCC1CN[C@@H]2CCCS(O)(O)N1C2. The Labute approximate surface area is 241 Å². The zero-order chi connectivity index (χ0) is 29.7. The third-order valence-corrected chi connectivity index (χ3v) is 9.92. The first-order valence-electron chi connectivity index (χ1n) is 14.0. The first-order chi connectivity index (χ1) is 19.4. The molecule has 0 saturated carbocycles. The summed E-state index contributed by atoms with van der Waals surface area (Å²) in [5.41, 5.74) is 1.08. The molecule has 2 aliphatic heterocycles. The van der Waals surface area contributed by atoms with Crippen LogP contribution in [0.5, 0.6) is 0 Å². The van der Waals surface area contributed by atoms with Gasteiger partial charge in [-0.3, -0.25) is 13.9 Å². The fourth-order valence-electron chi connectivity index (χ4n) is 5.89. The number of hydrogen-bond donors (Lipinski definition) is 6. The molecule has 2 aromatic carbocycles. The highest BCUT2D eigenvalue weighted by Crippen LogP contribution is 2.49. The fraction of sp³-hybridized carbons (Fsp3) is 0.517. The Morgan fingerprint density at radius 1 is 1.15 bits per heavy atom. The molecule has 0 spiro atoms. The van der Waals surface area contributed by atoms with Crippen molar-refractivity contribution >= 4 is 28.5 Å². The van der Waals surface area contributed by atoms with Crippen molar-refractivity contribution in [3.8, 4) is 0 Å². The lowest BCUT2D eigenvalue weighted by Gasteiger charge is -2.49. The van der Waals surface area contributed by atoms with Gasteiger partial charge in [-0.05, 0) is 67.9 Å². The second-order valence-corrected chi connectivity index (χ2v) is 13.5. The average Bonchev–Trinajstić information content (AvgIpc) is 3.02. The summed E-state index contributed by atoms with van der Waals surface area (Å²) in [4.78, 5) is 25.4. The number of rotatable bonds is 10. The predicted molar refractivity (Wildman–Crippen MR) is 156 cm³/mol. The number of fused-ring (bicyclic) bond motifs is 2. The number of anilines is 1. The van der Waals surface area contributed by atoms with Crippen molar-refractivity contribution in [3.05, 3.63) is 65.2 Å². The molecule has 41 heavy (non-hydrogen) atoms. The number of benzene rings is 2. The molecule has 0 aliphatic carbocycles. The molecular weight excluding hydrogens is 554 g/mol. The van der Waals surface area contributed by atoms with Crippen LogP contribution in [0.25, 0.3) is 0 Å². The van der Waals surface area contributed by atoms with Gasteiger partial charge in [0.25, 0.3) is 0 Å². The lowest BCUT2D eigenvalue weighted by molar-refractivity contribution is -0.118. The molecule has 5 atom stereocenters. The Hall–Kier alpha value is -2.77. The summed E-state index contributed by atoms with van der Waals surface area (Å²) >= 11 is 0. The normalized spacial score (nSPS) is 24.1. The van der Waals surface area contributed by atoms with E-state index in [1.54, 1.807) is 10.4 Å². The number of carbonyl (C=O) groups is 2. The summed E-state index contributed by atoms with van der Waals surface area (Å²) in [5, 5.41) is 18.1. The number of halogens is 2. The first kappa shape index (κ1) is 31.2. The largest absolute Gasteiger partial charge is 0.465 e. The average molecular weight is 595 g/mol. The smallest absolute Gasteiger partial charge is 0.405 e. The molecule has 2 unspecified atom stereocenters. The molecule has 2 bridgehead atoms. The first-order valence-corrected chi connectivity index (χ1v) is 15.7. The van der Waals surface area contributed by atoms with Gasteiger partial charge in [-0.1, -0.05) is 32.0 Å². The van der Waals surface area contributed by atoms with Gasteiger partial charge >= 0.3 is 6.09 Å². The molecule has 2 aromatic rings. The standard InChI is InChI=1S/C29H40F2N4O5S/c1-18(2)15-24(19-8-10-20(30)11-9-19)27(34-29(37)38)28(36)33-26-7-3-6-25(31)23(26)13-12-22-16-32-21-5-4-14-41(39,40)35(22)17-21/h3,6-11,18,21-22,24,27,32,34,39-40H,4-5,12-17H2,1-2H3,(H,33,36)(H,37,38)/t21-,22?,24-,27+/m1/s1. The van der Waals surface area contributed by atoms with Crippen LogP contribution in [-0.2, 0) is 11.2 Å². The number of nitrogens with zero attached hydrogens (tertiary/aromatic N) is 1. The maximum Gasteiger partial charge on any atom is 0.405 e. The topological polar surface area (TPSA) is 134 Å². The van der Waals surface area contributed by atoms with Crippen LogP contribution in [0.15, 0.2) is 42.5 Å². The number of piperazine rings is 1. The Kier molecular flexibility index (Phi) is 10.2. The summed E-state index contributed by atoms with van der Waals surface area (Å²) in [6.07, 6.45) is 1.27. The number of hydrogen-bond acceptors (Lipinski definition) is 6. The highest BCUT2D eigenvalue weighted by Gasteiger charge is 2.38. The number of amides is 2. The molecule has 6 N–H and O–H groups in total. The molecular formula is C29H40F2N4O5S. The minimum Gasteiger partial charge on any atom is -0.465 e. The van der Waals surface area contributed by atoms with E-state index < -0.39 is 46.4 Å². The Balaban J connectivity index is 1.56. The van der Waals surface area contributed by atoms with Gasteiger partial charge in [0.05, 0.1) is 5.75 Å². The van der Waals surface area contributed by atoms with Crippen molar-refractivity contribution in [2.75, 3.05) is 24.2 Å². The summed E-state index contributed by atoms with van der Waals surface area (Å²) in [7, 11) is -2.91. The highest BCUT2D eigenvalue weighted by molar-refractivity contribution is 8.22. The van der Waals surface area contributed by atoms with Crippen molar-refractivity contribution < 1.29 is 32.6 Å².